The van der Waals surface area contributed by atoms with E-state index in [-0.39, 0.29) is 6.10 Å². The van der Waals surface area contributed by atoms with Crippen LogP contribution in [0.3, 0.4) is 0 Å². The van der Waals surface area contributed by atoms with Crippen molar-refractivity contribution in [1.82, 2.24) is 4.90 Å². The van der Waals surface area contributed by atoms with Gasteiger partial charge >= 0.3 is 0 Å². The molecule has 1 atom stereocenters. The molecule has 5 nitrogen and oxygen atoms in total. The van der Waals surface area contributed by atoms with Crippen molar-refractivity contribution in [3.8, 4) is 11.5 Å². The minimum absolute atomic E-state index is 0.199. The van der Waals surface area contributed by atoms with Crippen LogP contribution in [0.4, 0.5) is 5.69 Å². The summed E-state index contributed by atoms with van der Waals surface area (Å²) in [5.74, 6) is 1.61. The lowest BCUT2D eigenvalue weighted by atomic mass is 10.1. The summed E-state index contributed by atoms with van der Waals surface area (Å²) in [4.78, 5) is 2.15. The molecule has 2 aromatic rings. The molecule has 1 fully saturated rings. The standard InChI is InChI=1S/C22H28N2O3S/c1-16-9-10-21(26-3)20(12-16)23-22(28)24(15-19-8-5-11-27-19)14-17-6-4-7-18(13-17)25-2/h4,6-7,9-10,12-13,19H,5,8,11,14-15H2,1-3H3,(H,23,28). The van der Waals surface area contributed by atoms with Crippen molar-refractivity contribution < 1.29 is 14.2 Å². The number of nitrogens with zero attached hydrogens (tertiary/aromatic N) is 1. The van der Waals surface area contributed by atoms with Gasteiger partial charge < -0.3 is 24.4 Å². The Hall–Kier alpha value is -2.31. The minimum atomic E-state index is 0.199. The summed E-state index contributed by atoms with van der Waals surface area (Å²) < 4.78 is 16.7. The van der Waals surface area contributed by atoms with Gasteiger partial charge in [-0.25, -0.2) is 0 Å². The summed E-state index contributed by atoms with van der Waals surface area (Å²) in [7, 11) is 3.35. The molecule has 150 valence electrons. The molecule has 6 heteroatoms. The number of anilines is 1. The predicted octanol–water partition coefficient (Wildman–Crippen LogP) is 4.39. The maximum Gasteiger partial charge on any atom is 0.173 e. The Balaban J connectivity index is 1.78. The van der Waals surface area contributed by atoms with Gasteiger partial charge in [0, 0.05) is 19.7 Å². The Bertz CT molecular complexity index is 806. The number of aryl methyl sites for hydroxylation is 1. The Labute approximate surface area is 172 Å². The molecule has 0 aliphatic carbocycles. The highest BCUT2D eigenvalue weighted by Crippen LogP contribution is 2.26. The van der Waals surface area contributed by atoms with E-state index >= 15 is 0 Å². The van der Waals surface area contributed by atoms with Crippen molar-refractivity contribution in [2.45, 2.75) is 32.4 Å². The van der Waals surface area contributed by atoms with Crippen molar-refractivity contribution in [2.75, 3.05) is 32.7 Å². The molecular formula is C22H28N2O3S. The summed E-state index contributed by atoms with van der Waals surface area (Å²) in [5, 5.41) is 4.03. The first kappa shape index (κ1) is 20.4. The highest BCUT2D eigenvalue weighted by molar-refractivity contribution is 7.80. The van der Waals surface area contributed by atoms with E-state index in [0.29, 0.717) is 11.7 Å². The Kier molecular flexibility index (Phi) is 7.12. The molecule has 1 heterocycles. The topological polar surface area (TPSA) is 43.0 Å². The predicted molar refractivity (Wildman–Crippen MR) is 116 cm³/mol. The highest BCUT2D eigenvalue weighted by atomic mass is 32.1. The third-order valence-corrected chi connectivity index (χ3v) is 5.20. The monoisotopic (exact) mass is 400 g/mol. The molecule has 1 aliphatic rings. The Morgan fingerprint density at radius 3 is 2.79 bits per heavy atom. The second-order valence-corrected chi connectivity index (χ2v) is 7.39. The lowest BCUT2D eigenvalue weighted by molar-refractivity contribution is 0.0905. The molecule has 2 aromatic carbocycles. The maximum absolute atomic E-state index is 5.85. The highest BCUT2D eigenvalue weighted by Gasteiger charge is 2.22. The number of benzene rings is 2. The normalized spacial score (nSPS) is 15.9. The molecule has 0 saturated carbocycles. The third kappa shape index (κ3) is 5.36. The SMILES string of the molecule is COc1cccc(CN(CC2CCCO2)C(=S)Nc2cc(C)ccc2OC)c1. The molecule has 1 N–H and O–H groups in total. The van der Waals surface area contributed by atoms with Crippen molar-refractivity contribution in [3.63, 3.8) is 0 Å². The second kappa shape index (κ2) is 9.75. The van der Waals surface area contributed by atoms with Gasteiger partial charge in [-0.2, -0.15) is 0 Å². The van der Waals surface area contributed by atoms with Gasteiger partial charge in [0.25, 0.3) is 0 Å². The number of ether oxygens (including phenoxy) is 3. The van der Waals surface area contributed by atoms with Gasteiger partial charge in [-0.1, -0.05) is 18.2 Å². The number of hydrogen-bond acceptors (Lipinski definition) is 4. The molecular weight excluding hydrogens is 372 g/mol. The van der Waals surface area contributed by atoms with Gasteiger partial charge in [0.05, 0.1) is 26.0 Å². The Morgan fingerprint density at radius 1 is 1.21 bits per heavy atom. The zero-order chi connectivity index (χ0) is 19.9. The fourth-order valence-corrected chi connectivity index (χ4v) is 3.61. The summed E-state index contributed by atoms with van der Waals surface area (Å²) in [5.41, 5.74) is 3.15. The quantitative estimate of drug-likeness (QED) is 0.696. The van der Waals surface area contributed by atoms with Gasteiger partial charge in [-0.3, -0.25) is 0 Å². The minimum Gasteiger partial charge on any atom is -0.497 e. The first-order valence-corrected chi connectivity index (χ1v) is 9.95. The zero-order valence-corrected chi connectivity index (χ0v) is 17.6. The summed E-state index contributed by atoms with van der Waals surface area (Å²) in [6.07, 6.45) is 2.36. The summed E-state index contributed by atoms with van der Waals surface area (Å²) in [6.45, 7) is 4.30. The third-order valence-electron chi connectivity index (χ3n) is 4.84. The van der Waals surface area contributed by atoms with Crippen LogP contribution in [0.25, 0.3) is 0 Å². The van der Waals surface area contributed by atoms with Crippen LogP contribution in [-0.2, 0) is 11.3 Å². The number of rotatable bonds is 7. The van der Waals surface area contributed by atoms with Crippen molar-refractivity contribution in [3.05, 3.63) is 53.6 Å². The number of hydrogen-bond donors (Lipinski definition) is 1. The molecule has 0 spiro atoms. The first-order valence-electron chi connectivity index (χ1n) is 9.54. The first-order chi connectivity index (χ1) is 13.6. The van der Waals surface area contributed by atoms with E-state index in [1.165, 1.54) is 0 Å². The van der Waals surface area contributed by atoms with E-state index in [1.54, 1.807) is 14.2 Å². The van der Waals surface area contributed by atoms with E-state index in [9.17, 15) is 0 Å². The van der Waals surface area contributed by atoms with Gasteiger partial charge in [0.2, 0.25) is 0 Å². The van der Waals surface area contributed by atoms with Crippen LogP contribution in [0.15, 0.2) is 42.5 Å². The van der Waals surface area contributed by atoms with Crippen LogP contribution in [-0.4, -0.2) is 43.5 Å². The summed E-state index contributed by atoms with van der Waals surface area (Å²) >= 11 is 5.78. The average molecular weight is 401 g/mol. The van der Waals surface area contributed by atoms with E-state index < -0.39 is 0 Å². The molecule has 0 radical (unpaired) electrons. The number of thiocarbonyl (C=S) groups is 1. The molecule has 1 unspecified atom stereocenters. The van der Waals surface area contributed by atoms with Crippen molar-refractivity contribution >= 4 is 23.0 Å². The molecule has 0 aromatic heterocycles. The largest absolute Gasteiger partial charge is 0.497 e. The van der Waals surface area contributed by atoms with Gasteiger partial charge in [0.15, 0.2) is 5.11 Å². The molecule has 1 saturated heterocycles. The van der Waals surface area contributed by atoms with Gasteiger partial charge in [-0.05, 0) is 67.4 Å². The molecule has 28 heavy (non-hydrogen) atoms. The fraction of sp³-hybridized carbons (Fsp3) is 0.409. The smallest absolute Gasteiger partial charge is 0.173 e. The van der Waals surface area contributed by atoms with Crippen molar-refractivity contribution in [2.24, 2.45) is 0 Å². The van der Waals surface area contributed by atoms with Crippen LogP contribution in [0.5, 0.6) is 11.5 Å². The van der Waals surface area contributed by atoms with E-state index in [0.717, 1.165) is 54.3 Å². The number of methoxy groups -OCH3 is 2. The number of nitrogens with one attached hydrogen (secondary N) is 1. The molecule has 0 amide bonds. The fourth-order valence-electron chi connectivity index (χ4n) is 3.36. The molecule has 1 aliphatic heterocycles. The van der Waals surface area contributed by atoms with E-state index in [1.807, 2.05) is 43.3 Å². The lowest BCUT2D eigenvalue weighted by Crippen LogP contribution is -2.39. The van der Waals surface area contributed by atoms with Crippen LogP contribution in [0.1, 0.15) is 24.0 Å². The van der Waals surface area contributed by atoms with Crippen LogP contribution in [0.2, 0.25) is 0 Å². The van der Waals surface area contributed by atoms with Crippen LogP contribution in [0, 0.1) is 6.92 Å². The summed E-state index contributed by atoms with van der Waals surface area (Å²) in [6, 6.07) is 14.1. The lowest BCUT2D eigenvalue weighted by Gasteiger charge is -2.29. The van der Waals surface area contributed by atoms with Crippen LogP contribution < -0.4 is 14.8 Å². The van der Waals surface area contributed by atoms with Crippen molar-refractivity contribution in [1.29, 1.82) is 0 Å². The molecule has 3 rings (SSSR count). The van der Waals surface area contributed by atoms with Gasteiger partial charge in [-0.15, -0.1) is 0 Å². The maximum atomic E-state index is 5.85. The Morgan fingerprint density at radius 2 is 2.07 bits per heavy atom. The second-order valence-electron chi connectivity index (χ2n) is 7.00. The zero-order valence-electron chi connectivity index (χ0n) is 16.7. The van der Waals surface area contributed by atoms with Gasteiger partial charge in [0.1, 0.15) is 11.5 Å². The molecule has 0 bridgehead atoms. The average Bonchev–Trinajstić information content (AvgIpc) is 3.21. The van der Waals surface area contributed by atoms with Crippen LogP contribution >= 0.6 is 12.2 Å². The van der Waals surface area contributed by atoms with E-state index in [4.69, 9.17) is 26.4 Å². The van der Waals surface area contributed by atoms with E-state index in [2.05, 4.69) is 16.3 Å².